The second-order valence-electron chi connectivity index (χ2n) is 5.07. The van der Waals surface area contributed by atoms with Crippen LogP contribution in [0.25, 0.3) is 11.4 Å². The van der Waals surface area contributed by atoms with Gasteiger partial charge in [0.15, 0.2) is 11.5 Å². The smallest absolute Gasteiger partial charge is 0.408 e. The summed E-state index contributed by atoms with van der Waals surface area (Å²) in [6.45, 7) is 1.87. The van der Waals surface area contributed by atoms with Crippen LogP contribution in [0, 0.1) is 0 Å². The molecule has 0 saturated carbocycles. The SMILES string of the molecule is COc1cc2c(cc1-c1nccn1C(C)C(F)(F)F)OCCO2. The van der Waals surface area contributed by atoms with E-state index in [2.05, 4.69) is 4.98 Å². The van der Waals surface area contributed by atoms with Crippen molar-refractivity contribution in [1.82, 2.24) is 9.55 Å². The number of nitrogens with zero attached hydrogens (tertiary/aromatic N) is 2. The van der Waals surface area contributed by atoms with Crippen molar-refractivity contribution in [2.75, 3.05) is 20.3 Å². The highest BCUT2D eigenvalue weighted by Crippen LogP contribution is 2.42. The van der Waals surface area contributed by atoms with Crippen LogP contribution in [0.2, 0.25) is 0 Å². The van der Waals surface area contributed by atoms with Crippen molar-refractivity contribution in [1.29, 1.82) is 0 Å². The quantitative estimate of drug-likeness (QED) is 0.866. The molecule has 1 aliphatic rings. The minimum absolute atomic E-state index is 0.156. The third-order valence-corrected chi connectivity index (χ3v) is 3.66. The minimum atomic E-state index is -4.38. The second-order valence-corrected chi connectivity index (χ2v) is 5.07. The summed E-state index contributed by atoms with van der Waals surface area (Å²) in [5, 5.41) is 0. The van der Waals surface area contributed by atoms with Crippen LogP contribution in [0.5, 0.6) is 17.2 Å². The average Bonchev–Trinajstić information content (AvgIpc) is 3.01. The summed E-state index contributed by atoms with van der Waals surface area (Å²) >= 11 is 0. The van der Waals surface area contributed by atoms with E-state index in [9.17, 15) is 13.2 Å². The molecule has 8 heteroatoms. The largest absolute Gasteiger partial charge is 0.496 e. The molecule has 124 valence electrons. The van der Waals surface area contributed by atoms with Crippen LogP contribution >= 0.6 is 0 Å². The first kappa shape index (κ1) is 15.5. The number of fused-ring (bicyclic) bond motifs is 1. The second kappa shape index (κ2) is 5.68. The summed E-state index contributed by atoms with van der Waals surface area (Å²) in [5.41, 5.74) is 0.415. The Bertz CT molecular complexity index is 712. The summed E-state index contributed by atoms with van der Waals surface area (Å²) in [4.78, 5) is 4.07. The fraction of sp³-hybridized carbons (Fsp3) is 0.400. The first-order valence-electron chi connectivity index (χ1n) is 6.99. The lowest BCUT2D eigenvalue weighted by atomic mass is 10.1. The predicted octanol–water partition coefficient (Wildman–Crippen LogP) is 3.45. The van der Waals surface area contributed by atoms with Gasteiger partial charge in [0.2, 0.25) is 0 Å². The molecule has 0 N–H and O–H groups in total. The maximum absolute atomic E-state index is 13.0. The van der Waals surface area contributed by atoms with Gasteiger partial charge < -0.3 is 18.8 Å². The monoisotopic (exact) mass is 328 g/mol. The molecule has 0 fully saturated rings. The van der Waals surface area contributed by atoms with Gasteiger partial charge in [-0.15, -0.1) is 0 Å². The topological polar surface area (TPSA) is 45.5 Å². The van der Waals surface area contributed by atoms with Crippen molar-refractivity contribution >= 4 is 0 Å². The highest BCUT2D eigenvalue weighted by Gasteiger charge is 2.38. The molecule has 2 aromatic rings. The minimum Gasteiger partial charge on any atom is -0.496 e. The van der Waals surface area contributed by atoms with Crippen LogP contribution in [-0.4, -0.2) is 36.1 Å². The molecule has 5 nitrogen and oxygen atoms in total. The molecule has 0 amide bonds. The number of aromatic nitrogens is 2. The highest BCUT2D eigenvalue weighted by atomic mass is 19.4. The van der Waals surface area contributed by atoms with Crippen LogP contribution in [0.3, 0.4) is 0 Å². The van der Waals surface area contributed by atoms with Crippen molar-refractivity contribution in [3.8, 4) is 28.6 Å². The predicted molar refractivity (Wildman–Crippen MR) is 76.0 cm³/mol. The lowest BCUT2D eigenvalue weighted by Crippen LogP contribution is -2.24. The van der Waals surface area contributed by atoms with Crippen LogP contribution < -0.4 is 14.2 Å². The summed E-state index contributed by atoms with van der Waals surface area (Å²) in [5.74, 6) is 1.49. The number of hydrogen-bond donors (Lipinski definition) is 0. The van der Waals surface area contributed by atoms with Crippen LogP contribution in [0.1, 0.15) is 13.0 Å². The van der Waals surface area contributed by atoms with Crippen molar-refractivity contribution in [3.05, 3.63) is 24.5 Å². The Morgan fingerprint density at radius 2 is 1.87 bits per heavy atom. The fourth-order valence-electron chi connectivity index (χ4n) is 2.41. The molecule has 23 heavy (non-hydrogen) atoms. The highest BCUT2D eigenvalue weighted by molar-refractivity contribution is 5.70. The third kappa shape index (κ3) is 2.80. The van der Waals surface area contributed by atoms with E-state index >= 15 is 0 Å². The average molecular weight is 328 g/mol. The summed E-state index contributed by atoms with van der Waals surface area (Å²) in [7, 11) is 1.44. The molecule has 1 aromatic heterocycles. The van der Waals surface area contributed by atoms with Gasteiger partial charge in [0.25, 0.3) is 0 Å². The van der Waals surface area contributed by atoms with E-state index in [1.165, 1.54) is 19.5 Å². The lowest BCUT2D eigenvalue weighted by molar-refractivity contribution is -0.162. The third-order valence-electron chi connectivity index (χ3n) is 3.66. The Labute approximate surface area is 130 Å². The van der Waals surface area contributed by atoms with Gasteiger partial charge in [-0.05, 0) is 13.0 Å². The van der Waals surface area contributed by atoms with Crippen LogP contribution in [0.15, 0.2) is 24.5 Å². The number of ether oxygens (including phenoxy) is 3. The number of benzene rings is 1. The van der Waals surface area contributed by atoms with Gasteiger partial charge in [0.05, 0.1) is 12.7 Å². The van der Waals surface area contributed by atoms with E-state index < -0.39 is 12.2 Å². The molecular weight excluding hydrogens is 313 g/mol. The Morgan fingerprint density at radius 1 is 1.22 bits per heavy atom. The number of methoxy groups -OCH3 is 1. The Kier molecular flexibility index (Phi) is 3.83. The summed E-state index contributed by atoms with van der Waals surface area (Å²) in [6.07, 6.45) is -1.76. The number of alkyl halides is 3. The molecule has 1 atom stereocenters. The van der Waals surface area contributed by atoms with Crippen molar-refractivity contribution in [2.24, 2.45) is 0 Å². The summed E-state index contributed by atoms with van der Waals surface area (Å²) in [6, 6.07) is 1.48. The molecule has 0 aliphatic carbocycles. The molecule has 1 aromatic carbocycles. The van der Waals surface area contributed by atoms with Crippen molar-refractivity contribution in [3.63, 3.8) is 0 Å². The standard InChI is InChI=1S/C15H15F3N2O3/c1-9(15(16,17)18)20-4-3-19-14(20)10-7-12-13(8-11(10)21-2)23-6-5-22-12/h3-4,7-9H,5-6H2,1-2H3. The van der Waals surface area contributed by atoms with Gasteiger partial charge >= 0.3 is 6.18 Å². The van der Waals surface area contributed by atoms with Gasteiger partial charge in [-0.3, -0.25) is 0 Å². The Balaban J connectivity index is 2.11. The fourth-order valence-corrected chi connectivity index (χ4v) is 2.41. The number of imidazole rings is 1. The van der Waals surface area contributed by atoms with Crippen LogP contribution in [0.4, 0.5) is 13.2 Å². The molecule has 1 aliphatic heterocycles. The molecule has 2 heterocycles. The zero-order chi connectivity index (χ0) is 16.6. The van der Waals surface area contributed by atoms with Gasteiger partial charge in [-0.1, -0.05) is 0 Å². The van der Waals surface area contributed by atoms with E-state index in [-0.39, 0.29) is 5.82 Å². The molecule has 3 rings (SSSR count). The first-order valence-corrected chi connectivity index (χ1v) is 6.99. The van der Waals surface area contributed by atoms with E-state index in [0.717, 1.165) is 11.5 Å². The normalized spacial score (nSPS) is 15.3. The van der Waals surface area contributed by atoms with E-state index in [1.54, 1.807) is 12.1 Å². The Hall–Kier alpha value is -2.38. The number of halogens is 3. The molecular formula is C15H15F3N2O3. The van der Waals surface area contributed by atoms with E-state index in [4.69, 9.17) is 14.2 Å². The molecule has 1 unspecified atom stereocenters. The van der Waals surface area contributed by atoms with Gasteiger partial charge in [0, 0.05) is 18.5 Å². The number of rotatable bonds is 3. The molecule has 0 radical (unpaired) electrons. The van der Waals surface area contributed by atoms with Crippen molar-refractivity contribution in [2.45, 2.75) is 19.1 Å². The van der Waals surface area contributed by atoms with Gasteiger partial charge in [-0.25, -0.2) is 4.98 Å². The first-order chi connectivity index (χ1) is 10.9. The van der Waals surface area contributed by atoms with Crippen molar-refractivity contribution < 1.29 is 27.4 Å². The van der Waals surface area contributed by atoms with Gasteiger partial charge in [-0.2, -0.15) is 13.2 Å². The van der Waals surface area contributed by atoms with E-state index in [1.807, 2.05) is 0 Å². The molecule has 0 bridgehead atoms. The molecule has 0 saturated heterocycles. The van der Waals surface area contributed by atoms with E-state index in [0.29, 0.717) is 36.0 Å². The molecule has 0 spiro atoms. The Morgan fingerprint density at radius 3 is 2.48 bits per heavy atom. The maximum atomic E-state index is 13.0. The van der Waals surface area contributed by atoms with Gasteiger partial charge in [0.1, 0.15) is 30.8 Å². The van der Waals surface area contributed by atoms with Crippen LogP contribution in [-0.2, 0) is 0 Å². The zero-order valence-corrected chi connectivity index (χ0v) is 12.6. The summed E-state index contributed by atoms with van der Waals surface area (Å²) < 4.78 is 56.4. The maximum Gasteiger partial charge on any atom is 0.408 e. The zero-order valence-electron chi connectivity index (χ0n) is 12.6. The number of hydrogen-bond acceptors (Lipinski definition) is 4. The lowest BCUT2D eigenvalue weighted by Gasteiger charge is -2.22.